The molecule has 6 nitrogen and oxygen atoms in total. The van der Waals surface area contributed by atoms with Crippen LogP contribution in [0.4, 0.5) is 11.4 Å². The Balaban J connectivity index is 2.26. The first kappa shape index (κ1) is 13.9. The molecule has 2 aromatic rings. The lowest BCUT2D eigenvalue weighted by molar-refractivity contribution is 0.0602. The van der Waals surface area contributed by atoms with Gasteiger partial charge in [-0.3, -0.25) is 4.68 Å². The van der Waals surface area contributed by atoms with E-state index in [1.54, 1.807) is 23.0 Å². The van der Waals surface area contributed by atoms with Crippen LogP contribution in [-0.4, -0.2) is 29.9 Å². The van der Waals surface area contributed by atoms with Crippen LogP contribution in [-0.2, 0) is 18.3 Å². The maximum Gasteiger partial charge on any atom is 0.340 e. The van der Waals surface area contributed by atoms with Crippen LogP contribution >= 0.6 is 0 Å². The number of carbonyl (C=O) groups excluding carboxylic acids is 1. The van der Waals surface area contributed by atoms with E-state index in [0.717, 1.165) is 11.3 Å². The topological polar surface area (TPSA) is 73.4 Å². The van der Waals surface area contributed by atoms with Gasteiger partial charge in [-0.15, -0.1) is 0 Å². The van der Waals surface area contributed by atoms with Gasteiger partial charge < -0.3 is 15.4 Å². The van der Waals surface area contributed by atoms with Crippen molar-refractivity contribution in [2.45, 2.75) is 6.54 Å². The molecule has 0 saturated carbocycles. The smallest absolute Gasteiger partial charge is 0.340 e. The molecule has 0 aliphatic rings. The second kappa shape index (κ2) is 5.64. The van der Waals surface area contributed by atoms with E-state index in [4.69, 9.17) is 10.5 Å². The van der Waals surface area contributed by atoms with Crippen molar-refractivity contribution in [3.8, 4) is 0 Å². The SMILES string of the molecule is COC(=O)c1cccc(N(C)Cc2cnn(C)c2)c1N. The zero-order chi connectivity index (χ0) is 14.7. The third kappa shape index (κ3) is 2.74. The summed E-state index contributed by atoms with van der Waals surface area (Å²) in [5.41, 5.74) is 8.71. The molecule has 1 aromatic carbocycles. The number of nitrogens with zero attached hydrogens (tertiary/aromatic N) is 3. The number of nitrogens with two attached hydrogens (primary N) is 1. The predicted molar refractivity (Wildman–Crippen MR) is 77.5 cm³/mol. The quantitative estimate of drug-likeness (QED) is 0.674. The molecule has 106 valence electrons. The molecular formula is C14H18N4O2. The van der Waals surface area contributed by atoms with Crippen LogP contribution in [0.2, 0.25) is 0 Å². The average Bonchev–Trinajstić information content (AvgIpc) is 2.83. The van der Waals surface area contributed by atoms with Gasteiger partial charge in [0.05, 0.1) is 30.2 Å². The minimum Gasteiger partial charge on any atom is -0.465 e. The van der Waals surface area contributed by atoms with E-state index in [-0.39, 0.29) is 0 Å². The number of esters is 1. The largest absolute Gasteiger partial charge is 0.465 e. The molecule has 1 heterocycles. The molecule has 2 N–H and O–H groups in total. The Bertz CT molecular complexity index is 621. The highest BCUT2D eigenvalue weighted by Crippen LogP contribution is 2.27. The van der Waals surface area contributed by atoms with Crippen molar-refractivity contribution in [2.24, 2.45) is 7.05 Å². The Hall–Kier alpha value is -2.50. The van der Waals surface area contributed by atoms with Crippen molar-refractivity contribution in [3.05, 3.63) is 41.7 Å². The van der Waals surface area contributed by atoms with Gasteiger partial charge in [0, 0.05) is 32.4 Å². The maximum atomic E-state index is 11.6. The number of hydrogen-bond donors (Lipinski definition) is 1. The van der Waals surface area contributed by atoms with E-state index in [1.807, 2.05) is 31.3 Å². The minimum atomic E-state index is -0.431. The lowest BCUT2D eigenvalue weighted by atomic mass is 10.1. The number of anilines is 2. The summed E-state index contributed by atoms with van der Waals surface area (Å²) < 4.78 is 6.47. The summed E-state index contributed by atoms with van der Waals surface area (Å²) in [5, 5.41) is 4.13. The highest BCUT2D eigenvalue weighted by molar-refractivity contribution is 5.98. The van der Waals surface area contributed by atoms with Crippen molar-refractivity contribution < 1.29 is 9.53 Å². The first-order chi connectivity index (χ1) is 9.52. The number of para-hydroxylation sites is 1. The maximum absolute atomic E-state index is 11.6. The standard InChI is InChI=1S/C14H18N4O2/c1-17(8-10-7-16-18(2)9-10)12-6-4-5-11(13(12)15)14(19)20-3/h4-7,9H,8,15H2,1-3H3. The molecule has 1 aromatic heterocycles. The molecule has 20 heavy (non-hydrogen) atoms. The van der Waals surface area contributed by atoms with Gasteiger partial charge in [0.1, 0.15) is 0 Å². The van der Waals surface area contributed by atoms with E-state index in [9.17, 15) is 4.79 Å². The molecule has 0 bridgehead atoms. The lowest BCUT2D eigenvalue weighted by Crippen LogP contribution is -2.19. The molecule has 6 heteroatoms. The average molecular weight is 274 g/mol. The summed E-state index contributed by atoms with van der Waals surface area (Å²) in [4.78, 5) is 13.6. The van der Waals surface area contributed by atoms with Crippen molar-refractivity contribution in [1.82, 2.24) is 9.78 Å². The molecule has 0 fully saturated rings. The fraction of sp³-hybridized carbons (Fsp3) is 0.286. The van der Waals surface area contributed by atoms with Gasteiger partial charge in [-0.1, -0.05) is 6.07 Å². The minimum absolute atomic E-state index is 0.378. The molecule has 0 atom stereocenters. The van der Waals surface area contributed by atoms with Crippen LogP contribution < -0.4 is 10.6 Å². The van der Waals surface area contributed by atoms with E-state index >= 15 is 0 Å². The number of rotatable bonds is 4. The van der Waals surface area contributed by atoms with Gasteiger partial charge in [-0.25, -0.2) is 4.79 Å². The van der Waals surface area contributed by atoms with E-state index in [1.165, 1.54) is 7.11 Å². The van der Waals surface area contributed by atoms with Crippen molar-refractivity contribution in [1.29, 1.82) is 0 Å². The number of nitrogen functional groups attached to an aromatic ring is 1. The number of ether oxygens (including phenoxy) is 1. The number of carbonyl (C=O) groups is 1. The number of aryl methyl sites for hydroxylation is 1. The molecule has 0 unspecified atom stereocenters. The fourth-order valence-corrected chi connectivity index (χ4v) is 2.09. The van der Waals surface area contributed by atoms with Gasteiger partial charge in [-0.05, 0) is 12.1 Å². The molecule has 0 aliphatic carbocycles. The van der Waals surface area contributed by atoms with Gasteiger partial charge in [0.2, 0.25) is 0 Å². The van der Waals surface area contributed by atoms with Crippen molar-refractivity contribution in [3.63, 3.8) is 0 Å². The second-order valence-electron chi connectivity index (χ2n) is 4.61. The highest BCUT2D eigenvalue weighted by Gasteiger charge is 2.15. The summed E-state index contributed by atoms with van der Waals surface area (Å²) in [6, 6.07) is 5.32. The van der Waals surface area contributed by atoms with Gasteiger partial charge >= 0.3 is 5.97 Å². The second-order valence-corrected chi connectivity index (χ2v) is 4.61. The lowest BCUT2D eigenvalue weighted by Gasteiger charge is -2.21. The third-order valence-electron chi connectivity index (χ3n) is 3.08. The Kier molecular flexibility index (Phi) is 3.93. The molecule has 0 saturated heterocycles. The monoisotopic (exact) mass is 274 g/mol. The Morgan fingerprint density at radius 2 is 2.25 bits per heavy atom. The molecular weight excluding hydrogens is 256 g/mol. The van der Waals surface area contributed by atoms with Gasteiger partial charge in [-0.2, -0.15) is 5.10 Å². The first-order valence-corrected chi connectivity index (χ1v) is 6.18. The number of aromatic nitrogens is 2. The Labute approximate surface area is 117 Å². The summed E-state index contributed by atoms with van der Waals surface area (Å²) in [7, 11) is 5.13. The van der Waals surface area contributed by atoms with Crippen molar-refractivity contribution >= 4 is 17.3 Å². The van der Waals surface area contributed by atoms with Crippen LogP contribution in [0.1, 0.15) is 15.9 Å². The van der Waals surface area contributed by atoms with E-state index in [2.05, 4.69) is 5.10 Å². The highest BCUT2D eigenvalue weighted by atomic mass is 16.5. The Morgan fingerprint density at radius 3 is 2.85 bits per heavy atom. The molecule has 2 rings (SSSR count). The van der Waals surface area contributed by atoms with E-state index in [0.29, 0.717) is 17.8 Å². The summed E-state index contributed by atoms with van der Waals surface area (Å²) in [6.45, 7) is 0.655. The predicted octanol–water partition coefficient (Wildman–Crippen LogP) is 1.43. The number of hydrogen-bond acceptors (Lipinski definition) is 5. The van der Waals surface area contributed by atoms with Gasteiger partial charge in [0.25, 0.3) is 0 Å². The van der Waals surface area contributed by atoms with E-state index < -0.39 is 5.97 Å². The summed E-state index contributed by atoms with van der Waals surface area (Å²) >= 11 is 0. The third-order valence-corrected chi connectivity index (χ3v) is 3.08. The van der Waals surface area contributed by atoms with Gasteiger partial charge in [0.15, 0.2) is 0 Å². The molecule has 0 spiro atoms. The fourth-order valence-electron chi connectivity index (χ4n) is 2.09. The Morgan fingerprint density at radius 1 is 1.50 bits per heavy atom. The van der Waals surface area contributed by atoms with Crippen LogP contribution in [0, 0.1) is 0 Å². The number of methoxy groups -OCH3 is 1. The van der Waals surface area contributed by atoms with Crippen LogP contribution in [0.3, 0.4) is 0 Å². The normalized spacial score (nSPS) is 10.3. The summed E-state index contributed by atoms with van der Waals surface area (Å²) in [6.07, 6.45) is 3.74. The zero-order valence-corrected chi connectivity index (χ0v) is 11.8. The van der Waals surface area contributed by atoms with Crippen LogP contribution in [0.5, 0.6) is 0 Å². The summed E-state index contributed by atoms with van der Waals surface area (Å²) in [5.74, 6) is -0.431. The van der Waals surface area contributed by atoms with Crippen molar-refractivity contribution in [2.75, 3.05) is 24.8 Å². The molecule has 0 radical (unpaired) electrons. The number of benzene rings is 1. The van der Waals surface area contributed by atoms with Crippen LogP contribution in [0.15, 0.2) is 30.6 Å². The first-order valence-electron chi connectivity index (χ1n) is 6.18. The zero-order valence-electron chi connectivity index (χ0n) is 11.8. The molecule has 0 aliphatic heterocycles. The van der Waals surface area contributed by atoms with Crippen LogP contribution in [0.25, 0.3) is 0 Å². The molecule has 0 amide bonds.